The molecule has 1 aliphatic carbocycles. The van der Waals surface area contributed by atoms with Gasteiger partial charge >= 0.3 is 13.2 Å². The van der Waals surface area contributed by atoms with Crippen LogP contribution in [0, 0.1) is 17.0 Å². The summed E-state index contributed by atoms with van der Waals surface area (Å²) in [4.78, 5) is 12.1. The number of carbonyl (C=O) groups excluding carboxylic acids is 1. The van der Waals surface area contributed by atoms with E-state index in [4.69, 9.17) is 14.0 Å². The predicted octanol–water partition coefficient (Wildman–Crippen LogP) is 3.81. The second-order valence-electron chi connectivity index (χ2n) is 9.92. The number of carbonyl (C=O) groups is 1. The fraction of sp³-hybridized carbons (Fsp3) is 0.667. The average molecular weight is 409 g/mol. The van der Waals surface area contributed by atoms with E-state index < -0.39 is 47.1 Å². The molecule has 0 saturated carbocycles. The quantitative estimate of drug-likeness (QED) is 0.755. The van der Waals surface area contributed by atoms with Crippen molar-refractivity contribution in [2.45, 2.75) is 78.1 Å². The normalized spacial score (nSPS) is 25.1. The lowest BCUT2D eigenvalue weighted by molar-refractivity contribution is -0.0723. The molecule has 0 bridgehead atoms. The highest BCUT2D eigenvalue weighted by molar-refractivity contribution is 6.62. The van der Waals surface area contributed by atoms with Gasteiger partial charge in [-0.05, 0) is 52.2 Å². The van der Waals surface area contributed by atoms with Gasteiger partial charge in [0.25, 0.3) is 0 Å². The molecule has 1 heterocycles. The Hall–Kier alpha value is -1.67. The van der Waals surface area contributed by atoms with Gasteiger partial charge in [-0.2, -0.15) is 0 Å². The molecule has 0 radical (unpaired) electrons. The molecule has 1 aromatic rings. The molecular formula is C21H30BF2NO4. The maximum Gasteiger partial charge on any atom is 0.500 e. The van der Waals surface area contributed by atoms with Gasteiger partial charge in [0, 0.05) is 18.0 Å². The van der Waals surface area contributed by atoms with Crippen molar-refractivity contribution >= 4 is 18.7 Å². The average Bonchev–Trinajstić information content (AvgIpc) is 3.02. The van der Waals surface area contributed by atoms with Crippen molar-refractivity contribution in [1.82, 2.24) is 5.32 Å². The van der Waals surface area contributed by atoms with Crippen LogP contribution in [0.4, 0.5) is 13.6 Å². The molecule has 0 spiro atoms. The van der Waals surface area contributed by atoms with Gasteiger partial charge < -0.3 is 19.4 Å². The smallest absolute Gasteiger partial charge is 0.437 e. The zero-order valence-electron chi connectivity index (χ0n) is 18.5. The summed E-state index contributed by atoms with van der Waals surface area (Å²) in [7, 11) is 0.312. The van der Waals surface area contributed by atoms with Gasteiger partial charge in [0.1, 0.15) is 17.2 Å². The van der Waals surface area contributed by atoms with Crippen molar-refractivity contribution in [3.8, 4) is 0 Å². The molecule has 160 valence electrons. The molecule has 5 nitrogen and oxygen atoms in total. The van der Waals surface area contributed by atoms with Crippen LogP contribution in [0.2, 0.25) is 0 Å². The molecule has 1 aromatic carbocycles. The third-order valence-electron chi connectivity index (χ3n) is 6.69. The van der Waals surface area contributed by atoms with Gasteiger partial charge in [-0.15, -0.1) is 0 Å². The molecule has 1 N–H and O–H groups in total. The Morgan fingerprint density at radius 1 is 1.17 bits per heavy atom. The zero-order valence-corrected chi connectivity index (χ0v) is 18.5. The number of amides is 1. The molecule has 1 saturated heterocycles. The van der Waals surface area contributed by atoms with Gasteiger partial charge in [0.05, 0.1) is 16.7 Å². The Morgan fingerprint density at radius 3 is 2.21 bits per heavy atom. The second kappa shape index (κ2) is 6.67. The minimum atomic E-state index is -1.14. The highest BCUT2D eigenvalue weighted by Gasteiger charge is 2.56. The van der Waals surface area contributed by atoms with Crippen LogP contribution in [0.5, 0.6) is 0 Å². The lowest BCUT2D eigenvalue weighted by Gasteiger charge is -2.41. The Kier molecular flexibility index (Phi) is 5.07. The largest absolute Gasteiger partial charge is 0.500 e. The number of alkyl carbamates (subject to hydrolysis) is 1. The van der Waals surface area contributed by atoms with Gasteiger partial charge in [-0.3, -0.25) is 0 Å². The number of hydrogen-bond acceptors (Lipinski definition) is 4. The number of hydrogen-bond donors (Lipinski definition) is 1. The summed E-state index contributed by atoms with van der Waals surface area (Å²) in [6.45, 7) is 13.0. The molecule has 3 rings (SSSR count). The third-order valence-corrected chi connectivity index (χ3v) is 6.69. The summed E-state index contributed by atoms with van der Waals surface area (Å²) in [5.74, 6) is -1.46. The molecule has 1 aliphatic heterocycles. The monoisotopic (exact) mass is 409 g/mol. The van der Waals surface area contributed by atoms with Gasteiger partial charge in [0.2, 0.25) is 0 Å². The first-order chi connectivity index (χ1) is 13.2. The van der Waals surface area contributed by atoms with Crippen molar-refractivity contribution < 1.29 is 27.6 Å². The van der Waals surface area contributed by atoms with Gasteiger partial charge in [0.15, 0.2) is 0 Å². The van der Waals surface area contributed by atoms with Crippen LogP contribution in [0.3, 0.4) is 0 Å². The molecule has 1 fully saturated rings. The van der Waals surface area contributed by atoms with Crippen molar-refractivity contribution in [2.24, 2.45) is 5.41 Å². The summed E-state index contributed by atoms with van der Waals surface area (Å²) < 4.78 is 48.3. The standard InChI is InChI=1S/C21H30BF2NO4/c1-18(2,3)21(27-17(26)25-8)10-9-12-13(21)11-14(23)15(16(12)24)22-28-19(4,5)20(6,7)29-22/h11H,9-10H2,1-8H3,(H,25,26). The van der Waals surface area contributed by atoms with Crippen LogP contribution < -0.4 is 10.8 Å². The first-order valence-electron chi connectivity index (χ1n) is 9.94. The minimum Gasteiger partial charge on any atom is -0.437 e. The van der Waals surface area contributed by atoms with Crippen molar-refractivity contribution in [2.75, 3.05) is 7.05 Å². The van der Waals surface area contributed by atoms with E-state index in [2.05, 4.69) is 5.32 Å². The SMILES string of the molecule is CNC(=O)OC1(C(C)(C)C)CCc2c1cc(F)c(B1OC(C)(C)C(C)(C)O1)c2F. The van der Waals surface area contributed by atoms with Crippen LogP contribution in [0.15, 0.2) is 6.07 Å². The maximum absolute atomic E-state index is 15.6. The van der Waals surface area contributed by atoms with Crippen LogP contribution >= 0.6 is 0 Å². The minimum absolute atomic E-state index is 0.230. The highest BCUT2D eigenvalue weighted by atomic mass is 19.1. The number of ether oxygens (including phenoxy) is 1. The summed E-state index contributed by atoms with van der Waals surface area (Å²) in [5, 5.41) is 2.43. The Bertz CT molecular complexity index is 834. The molecule has 0 aromatic heterocycles. The predicted molar refractivity (Wildman–Crippen MR) is 107 cm³/mol. The second-order valence-corrected chi connectivity index (χ2v) is 9.92. The highest BCUT2D eigenvalue weighted by Crippen LogP contribution is 2.52. The Morgan fingerprint density at radius 2 is 1.72 bits per heavy atom. The van der Waals surface area contributed by atoms with E-state index in [1.54, 1.807) is 0 Å². The number of benzene rings is 1. The van der Waals surface area contributed by atoms with Crippen LogP contribution in [0.25, 0.3) is 0 Å². The Balaban J connectivity index is 2.12. The van der Waals surface area contributed by atoms with Gasteiger partial charge in [-0.25, -0.2) is 13.6 Å². The van der Waals surface area contributed by atoms with E-state index in [9.17, 15) is 4.79 Å². The van der Waals surface area contributed by atoms with Crippen LogP contribution in [-0.2, 0) is 26.1 Å². The van der Waals surface area contributed by atoms with Crippen molar-refractivity contribution in [1.29, 1.82) is 0 Å². The summed E-state index contributed by atoms with van der Waals surface area (Å²) >= 11 is 0. The molecular weight excluding hydrogens is 379 g/mol. The van der Waals surface area contributed by atoms with E-state index in [-0.39, 0.29) is 5.46 Å². The first-order valence-corrected chi connectivity index (χ1v) is 9.94. The summed E-state index contributed by atoms with van der Waals surface area (Å²) in [6, 6.07) is 1.28. The fourth-order valence-electron chi connectivity index (χ4n) is 4.14. The third kappa shape index (κ3) is 3.24. The lowest BCUT2D eigenvalue weighted by atomic mass is 9.71. The molecule has 1 unspecified atom stereocenters. The van der Waals surface area contributed by atoms with E-state index in [0.717, 1.165) is 0 Å². The molecule has 8 heteroatoms. The van der Waals surface area contributed by atoms with Gasteiger partial charge in [-0.1, -0.05) is 20.8 Å². The number of halogens is 2. The number of nitrogens with one attached hydrogen (secondary N) is 1. The number of rotatable bonds is 2. The molecule has 1 atom stereocenters. The summed E-state index contributed by atoms with van der Waals surface area (Å²) in [5.41, 5.74) is -2.67. The van der Waals surface area contributed by atoms with Crippen LogP contribution in [-0.4, -0.2) is 31.5 Å². The Labute approximate surface area is 171 Å². The van der Waals surface area contributed by atoms with Crippen molar-refractivity contribution in [3.63, 3.8) is 0 Å². The fourth-order valence-corrected chi connectivity index (χ4v) is 4.14. The zero-order chi connectivity index (χ0) is 22.0. The van der Waals surface area contributed by atoms with Crippen LogP contribution in [0.1, 0.15) is 66.0 Å². The van der Waals surface area contributed by atoms with E-state index >= 15 is 8.78 Å². The van der Waals surface area contributed by atoms with E-state index in [0.29, 0.717) is 24.0 Å². The maximum atomic E-state index is 15.6. The van der Waals surface area contributed by atoms with E-state index in [1.165, 1.54) is 13.1 Å². The number of fused-ring (bicyclic) bond motifs is 1. The van der Waals surface area contributed by atoms with Crippen molar-refractivity contribution in [3.05, 3.63) is 28.8 Å². The molecule has 2 aliphatic rings. The topological polar surface area (TPSA) is 56.8 Å². The first kappa shape index (κ1) is 22.0. The lowest BCUT2D eigenvalue weighted by Crippen LogP contribution is -2.45. The molecule has 1 amide bonds. The summed E-state index contributed by atoms with van der Waals surface area (Å²) in [6.07, 6.45) is 0.0496. The van der Waals surface area contributed by atoms with E-state index in [1.807, 2.05) is 48.5 Å². The molecule has 29 heavy (non-hydrogen) atoms.